The van der Waals surface area contributed by atoms with E-state index < -0.39 is 5.97 Å². The molecule has 1 heterocycles. The van der Waals surface area contributed by atoms with Gasteiger partial charge in [0.15, 0.2) is 0 Å². The van der Waals surface area contributed by atoms with E-state index in [-0.39, 0.29) is 11.1 Å². The first-order valence-electron chi connectivity index (χ1n) is 6.33. The van der Waals surface area contributed by atoms with Crippen molar-refractivity contribution in [3.05, 3.63) is 41.6 Å². The number of carboxylic acids is 1. The molecule has 0 saturated carbocycles. The molecule has 1 aromatic heterocycles. The van der Waals surface area contributed by atoms with Crippen molar-refractivity contribution in [1.82, 2.24) is 10.2 Å². The topological polar surface area (TPSA) is 66.0 Å². The molecule has 4 heteroatoms. The lowest BCUT2D eigenvalue weighted by Crippen LogP contribution is -2.14. The smallest absolute Gasteiger partial charge is 0.353 e. The number of rotatable bonds is 4. The quantitative estimate of drug-likeness (QED) is 0.882. The van der Waals surface area contributed by atoms with Gasteiger partial charge in [0.05, 0.1) is 5.69 Å². The van der Waals surface area contributed by atoms with Crippen molar-refractivity contribution in [1.29, 1.82) is 0 Å². The van der Waals surface area contributed by atoms with Crippen LogP contribution in [0, 0.1) is 0 Å². The summed E-state index contributed by atoms with van der Waals surface area (Å²) in [6.45, 7) is 6.58. The van der Waals surface area contributed by atoms with Crippen molar-refractivity contribution in [3.8, 4) is 11.3 Å². The fourth-order valence-corrected chi connectivity index (χ4v) is 1.88. The van der Waals surface area contributed by atoms with Crippen LogP contribution in [0.2, 0.25) is 0 Å². The highest BCUT2D eigenvalue weighted by atomic mass is 16.4. The monoisotopic (exact) mass is 258 g/mol. The van der Waals surface area contributed by atoms with Gasteiger partial charge in [0, 0.05) is 5.56 Å². The maximum Gasteiger partial charge on any atom is 0.353 e. The van der Waals surface area contributed by atoms with Gasteiger partial charge in [-0.2, -0.15) is 5.10 Å². The highest BCUT2D eigenvalue weighted by Crippen LogP contribution is 2.28. The number of aromatic carboxylic acids is 1. The average Bonchev–Trinajstić information content (AvgIpc) is 2.88. The minimum absolute atomic E-state index is 0.105. The van der Waals surface area contributed by atoms with Gasteiger partial charge in [0.2, 0.25) is 0 Å². The van der Waals surface area contributed by atoms with Crippen molar-refractivity contribution in [2.45, 2.75) is 32.6 Å². The zero-order valence-electron chi connectivity index (χ0n) is 11.4. The molecule has 0 amide bonds. The Kier molecular flexibility index (Phi) is 3.42. The lowest BCUT2D eigenvalue weighted by molar-refractivity contribution is 0.0690. The number of carbonyl (C=O) groups is 1. The van der Waals surface area contributed by atoms with Crippen molar-refractivity contribution >= 4 is 5.97 Å². The van der Waals surface area contributed by atoms with Crippen LogP contribution < -0.4 is 0 Å². The molecule has 0 radical (unpaired) electrons. The zero-order chi connectivity index (χ0) is 14.0. The Labute approximate surface area is 112 Å². The van der Waals surface area contributed by atoms with Gasteiger partial charge in [-0.05, 0) is 23.5 Å². The molecule has 0 fully saturated rings. The van der Waals surface area contributed by atoms with Gasteiger partial charge in [-0.3, -0.25) is 5.10 Å². The standard InChI is InChI=1S/C15H18N2O2/c1-4-15(2,3)11-7-5-10(6-8-11)12-9-13(14(18)19)17-16-12/h5-9H,4H2,1-3H3,(H,16,17)(H,18,19). The number of carboxylic acid groups (broad SMARTS) is 1. The predicted molar refractivity (Wildman–Crippen MR) is 74.3 cm³/mol. The molecule has 4 nitrogen and oxygen atoms in total. The van der Waals surface area contributed by atoms with E-state index in [4.69, 9.17) is 5.11 Å². The Morgan fingerprint density at radius 1 is 1.32 bits per heavy atom. The summed E-state index contributed by atoms with van der Waals surface area (Å²) in [5.74, 6) is -0.998. The molecule has 0 saturated heterocycles. The Bertz CT molecular complexity index is 582. The van der Waals surface area contributed by atoms with Crippen LogP contribution in [0.15, 0.2) is 30.3 Å². The van der Waals surface area contributed by atoms with Crippen LogP contribution in [0.1, 0.15) is 43.2 Å². The summed E-state index contributed by atoms with van der Waals surface area (Å²) >= 11 is 0. The van der Waals surface area contributed by atoms with E-state index in [2.05, 4.69) is 43.1 Å². The summed E-state index contributed by atoms with van der Waals surface area (Å²) in [5.41, 5.74) is 3.09. The molecule has 1 aromatic carbocycles. The fourth-order valence-electron chi connectivity index (χ4n) is 1.88. The maximum absolute atomic E-state index is 10.8. The van der Waals surface area contributed by atoms with Gasteiger partial charge >= 0.3 is 5.97 Å². The fraction of sp³-hybridized carbons (Fsp3) is 0.333. The second-order valence-electron chi connectivity index (χ2n) is 5.29. The first kappa shape index (κ1) is 13.3. The van der Waals surface area contributed by atoms with Gasteiger partial charge in [-0.15, -0.1) is 0 Å². The SMILES string of the molecule is CCC(C)(C)c1ccc(-c2cc(C(=O)O)[nH]n2)cc1. The lowest BCUT2D eigenvalue weighted by atomic mass is 9.82. The van der Waals surface area contributed by atoms with Crippen LogP contribution in [0.5, 0.6) is 0 Å². The Morgan fingerprint density at radius 2 is 1.95 bits per heavy atom. The van der Waals surface area contributed by atoms with Crippen molar-refractivity contribution < 1.29 is 9.90 Å². The Hall–Kier alpha value is -2.10. The van der Waals surface area contributed by atoms with Gasteiger partial charge in [-0.25, -0.2) is 4.79 Å². The number of nitrogens with one attached hydrogen (secondary N) is 1. The van der Waals surface area contributed by atoms with E-state index in [1.165, 1.54) is 5.56 Å². The van der Waals surface area contributed by atoms with Crippen molar-refractivity contribution in [2.75, 3.05) is 0 Å². The van der Waals surface area contributed by atoms with Crippen molar-refractivity contribution in [2.24, 2.45) is 0 Å². The minimum atomic E-state index is -0.998. The number of hydrogen-bond donors (Lipinski definition) is 2. The zero-order valence-corrected chi connectivity index (χ0v) is 11.4. The molecule has 0 bridgehead atoms. The van der Waals surface area contributed by atoms with Crippen LogP contribution in [0.25, 0.3) is 11.3 Å². The molecule has 0 spiro atoms. The number of H-pyrrole nitrogens is 1. The molecular formula is C15H18N2O2. The number of nitrogens with zero attached hydrogens (tertiary/aromatic N) is 1. The number of aromatic amines is 1. The van der Waals surface area contributed by atoms with Gasteiger partial charge in [0.25, 0.3) is 0 Å². The van der Waals surface area contributed by atoms with Crippen LogP contribution >= 0.6 is 0 Å². The summed E-state index contributed by atoms with van der Waals surface area (Å²) in [6.07, 6.45) is 1.07. The normalized spacial score (nSPS) is 11.5. The molecule has 0 aliphatic rings. The molecule has 0 aliphatic carbocycles. The average molecular weight is 258 g/mol. The molecule has 2 N–H and O–H groups in total. The number of benzene rings is 1. The Balaban J connectivity index is 2.29. The molecule has 0 aliphatic heterocycles. The Morgan fingerprint density at radius 3 is 2.42 bits per heavy atom. The maximum atomic E-state index is 10.8. The first-order valence-corrected chi connectivity index (χ1v) is 6.33. The molecule has 0 unspecified atom stereocenters. The van der Waals surface area contributed by atoms with Crippen LogP contribution in [0.3, 0.4) is 0 Å². The van der Waals surface area contributed by atoms with E-state index in [1.807, 2.05) is 12.1 Å². The third-order valence-corrected chi connectivity index (χ3v) is 3.65. The third kappa shape index (κ3) is 2.67. The molecule has 100 valence electrons. The highest BCUT2D eigenvalue weighted by molar-refractivity contribution is 5.86. The van der Waals surface area contributed by atoms with Gasteiger partial charge in [0.1, 0.15) is 5.69 Å². The third-order valence-electron chi connectivity index (χ3n) is 3.65. The summed E-state index contributed by atoms with van der Waals surface area (Å²) < 4.78 is 0. The molecule has 0 atom stereocenters. The minimum Gasteiger partial charge on any atom is -0.477 e. The summed E-state index contributed by atoms with van der Waals surface area (Å²) in [5, 5.41) is 15.4. The van der Waals surface area contributed by atoms with E-state index in [0.717, 1.165) is 12.0 Å². The van der Waals surface area contributed by atoms with E-state index in [9.17, 15) is 4.79 Å². The number of aromatic nitrogens is 2. The van der Waals surface area contributed by atoms with E-state index in [0.29, 0.717) is 5.69 Å². The second kappa shape index (κ2) is 4.88. The van der Waals surface area contributed by atoms with Gasteiger partial charge < -0.3 is 5.11 Å². The summed E-state index contributed by atoms with van der Waals surface area (Å²) in [7, 11) is 0. The first-order chi connectivity index (χ1) is 8.94. The molecule has 2 aromatic rings. The van der Waals surface area contributed by atoms with Crippen LogP contribution in [-0.4, -0.2) is 21.3 Å². The summed E-state index contributed by atoms with van der Waals surface area (Å²) in [6, 6.07) is 9.66. The van der Waals surface area contributed by atoms with Crippen LogP contribution in [-0.2, 0) is 5.41 Å². The highest BCUT2D eigenvalue weighted by Gasteiger charge is 2.18. The second-order valence-corrected chi connectivity index (χ2v) is 5.29. The number of hydrogen-bond acceptors (Lipinski definition) is 2. The van der Waals surface area contributed by atoms with E-state index >= 15 is 0 Å². The largest absolute Gasteiger partial charge is 0.477 e. The van der Waals surface area contributed by atoms with Gasteiger partial charge in [-0.1, -0.05) is 45.0 Å². The summed E-state index contributed by atoms with van der Waals surface area (Å²) in [4.78, 5) is 10.8. The lowest BCUT2D eigenvalue weighted by Gasteiger charge is -2.23. The predicted octanol–water partition coefficient (Wildman–Crippen LogP) is 3.46. The molecular weight excluding hydrogens is 240 g/mol. The van der Waals surface area contributed by atoms with E-state index in [1.54, 1.807) is 6.07 Å². The molecule has 19 heavy (non-hydrogen) atoms. The van der Waals surface area contributed by atoms with Crippen molar-refractivity contribution in [3.63, 3.8) is 0 Å². The molecule has 2 rings (SSSR count). The van der Waals surface area contributed by atoms with Crippen LogP contribution in [0.4, 0.5) is 0 Å².